The Balaban J connectivity index is 4.04. The SMILES string of the molecule is COC(=O)CO/N=C(\C#N)C(=N)N. The van der Waals surface area contributed by atoms with E-state index in [4.69, 9.17) is 16.4 Å². The van der Waals surface area contributed by atoms with Gasteiger partial charge in [0.25, 0.3) is 0 Å². The van der Waals surface area contributed by atoms with Crippen LogP contribution in [0.1, 0.15) is 0 Å². The average Bonchev–Trinajstić information content (AvgIpc) is 2.11. The van der Waals surface area contributed by atoms with Gasteiger partial charge in [-0.15, -0.1) is 0 Å². The fourth-order valence-electron chi connectivity index (χ4n) is 0.338. The number of hydrogen-bond donors (Lipinski definition) is 2. The second-order valence-corrected chi connectivity index (χ2v) is 1.81. The number of nitrogens with two attached hydrogens (primary N) is 1. The van der Waals surface area contributed by atoms with Crippen molar-refractivity contribution in [3.8, 4) is 6.07 Å². The van der Waals surface area contributed by atoms with E-state index in [0.29, 0.717) is 0 Å². The third-order valence-corrected chi connectivity index (χ3v) is 0.927. The summed E-state index contributed by atoms with van der Waals surface area (Å²) in [5, 5.41) is 18.3. The van der Waals surface area contributed by atoms with E-state index in [1.165, 1.54) is 13.2 Å². The Morgan fingerprint density at radius 1 is 1.77 bits per heavy atom. The lowest BCUT2D eigenvalue weighted by Crippen LogP contribution is -2.21. The number of nitriles is 1. The molecular formula is C6H8N4O3. The molecular weight excluding hydrogens is 176 g/mol. The Kier molecular flexibility index (Phi) is 4.64. The molecule has 0 amide bonds. The van der Waals surface area contributed by atoms with Crippen molar-refractivity contribution in [2.75, 3.05) is 13.7 Å². The molecule has 0 aromatic heterocycles. The first kappa shape index (κ1) is 10.9. The third-order valence-electron chi connectivity index (χ3n) is 0.927. The molecule has 0 atom stereocenters. The van der Waals surface area contributed by atoms with Crippen LogP contribution in [0.25, 0.3) is 0 Å². The number of carbonyl (C=O) groups excluding carboxylic acids is 1. The number of methoxy groups -OCH3 is 1. The minimum atomic E-state index is -0.635. The summed E-state index contributed by atoms with van der Waals surface area (Å²) >= 11 is 0. The molecule has 0 saturated carbocycles. The first-order valence-corrected chi connectivity index (χ1v) is 3.13. The van der Waals surface area contributed by atoms with E-state index in [1.54, 1.807) is 0 Å². The van der Waals surface area contributed by atoms with Crippen LogP contribution in [-0.2, 0) is 14.4 Å². The molecule has 0 radical (unpaired) electrons. The van der Waals surface area contributed by atoms with Crippen LogP contribution in [-0.4, -0.2) is 31.2 Å². The van der Waals surface area contributed by atoms with Crippen molar-refractivity contribution in [3.63, 3.8) is 0 Å². The molecule has 0 aliphatic rings. The fourth-order valence-corrected chi connectivity index (χ4v) is 0.338. The summed E-state index contributed by atoms with van der Waals surface area (Å²) in [7, 11) is 1.19. The van der Waals surface area contributed by atoms with Crippen LogP contribution in [0.3, 0.4) is 0 Å². The molecule has 13 heavy (non-hydrogen) atoms. The van der Waals surface area contributed by atoms with Crippen molar-refractivity contribution in [3.05, 3.63) is 0 Å². The van der Waals surface area contributed by atoms with Gasteiger partial charge in [0.2, 0.25) is 12.3 Å². The summed E-state index contributed by atoms with van der Waals surface area (Å²) in [6.07, 6.45) is 0. The van der Waals surface area contributed by atoms with Crippen LogP contribution in [0.15, 0.2) is 5.16 Å². The Morgan fingerprint density at radius 3 is 2.77 bits per heavy atom. The van der Waals surface area contributed by atoms with E-state index in [-0.39, 0.29) is 5.71 Å². The second-order valence-electron chi connectivity index (χ2n) is 1.81. The highest BCUT2D eigenvalue weighted by Gasteiger charge is 2.03. The molecule has 0 aromatic carbocycles. The number of ether oxygens (including phenoxy) is 1. The number of nitrogens with one attached hydrogen (secondary N) is 1. The lowest BCUT2D eigenvalue weighted by molar-refractivity contribution is -0.145. The van der Waals surface area contributed by atoms with Crippen LogP contribution in [0.2, 0.25) is 0 Å². The standard InChI is InChI=1S/C6H8N4O3/c1-12-5(11)3-13-10-4(2-7)6(8)9/h3H2,1H3,(H3,8,9)/b10-4+. The zero-order chi connectivity index (χ0) is 10.3. The molecule has 3 N–H and O–H groups in total. The van der Waals surface area contributed by atoms with E-state index < -0.39 is 18.4 Å². The van der Waals surface area contributed by atoms with E-state index in [1.807, 2.05) is 0 Å². The lowest BCUT2D eigenvalue weighted by atomic mass is 10.4. The molecule has 0 unspecified atom stereocenters. The zero-order valence-electron chi connectivity index (χ0n) is 6.90. The van der Waals surface area contributed by atoms with Crippen molar-refractivity contribution in [1.29, 1.82) is 10.7 Å². The molecule has 0 saturated heterocycles. The first-order chi connectivity index (χ1) is 6.11. The summed E-state index contributed by atoms with van der Waals surface area (Å²) in [5.41, 5.74) is 4.55. The number of nitrogens with zero attached hydrogens (tertiary/aromatic N) is 2. The summed E-state index contributed by atoms with van der Waals surface area (Å²) < 4.78 is 4.23. The van der Waals surface area contributed by atoms with Gasteiger partial charge in [0.05, 0.1) is 7.11 Å². The van der Waals surface area contributed by atoms with Crippen molar-refractivity contribution < 1.29 is 14.4 Å². The lowest BCUT2D eigenvalue weighted by Gasteiger charge is -1.97. The highest BCUT2D eigenvalue weighted by Crippen LogP contribution is 1.82. The average molecular weight is 184 g/mol. The predicted molar refractivity (Wildman–Crippen MR) is 42.9 cm³/mol. The molecule has 0 aromatic rings. The quantitative estimate of drug-likeness (QED) is 0.251. The van der Waals surface area contributed by atoms with Gasteiger partial charge in [-0.2, -0.15) is 5.26 Å². The van der Waals surface area contributed by atoms with Crippen molar-refractivity contribution in [2.45, 2.75) is 0 Å². The van der Waals surface area contributed by atoms with Crippen molar-refractivity contribution in [1.82, 2.24) is 0 Å². The smallest absolute Gasteiger partial charge is 0.346 e. The molecule has 0 aliphatic carbocycles. The molecule has 0 spiro atoms. The molecule has 0 bridgehead atoms. The molecule has 0 aliphatic heterocycles. The predicted octanol–water partition coefficient (Wildman–Crippen LogP) is -1.01. The first-order valence-electron chi connectivity index (χ1n) is 3.13. The van der Waals surface area contributed by atoms with E-state index >= 15 is 0 Å². The monoisotopic (exact) mass is 184 g/mol. The fraction of sp³-hybridized carbons (Fsp3) is 0.333. The van der Waals surface area contributed by atoms with E-state index in [2.05, 4.69) is 14.7 Å². The molecule has 0 fully saturated rings. The minimum Gasteiger partial charge on any atom is -0.466 e. The van der Waals surface area contributed by atoms with Crippen LogP contribution in [0.5, 0.6) is 0 Å². The van der Waals surface area contributed by atoms with Gasteiger partial charge in [0.1, 0.15) is 6.07 Å². The maximum atomic E-state index is 10.5. The van der Waals surface area contributed by atoms with Gasteiger partial charge >= 0.3 is 5.97 Å². The number of hydrogen-bond acceptors (Lipinski definition) is 6. The third kappa shape index (κ3) is 4.36. The molecule has 7 heteroatoms. The van der Waals surface area contributed by atoms with Crippen molar-refractivity contribution >= 4 is 17.5 Å². The Bertz CT molecular complexity index is 278. The van der Waals surface area contributed by atoms with Gasteiger partial charge in [-0.05, 0) is 0 Å². The Morgan fingerprint density at radius 2 is 2.38 bits per heavy atom. The maximum Gasteiger partial charge on any atom is 0.346 e. The van der Waals surface area contributed by atoms with Crippen molar-refractivity contribution in [2.24, 2.45) is 10.9 Å². The summed E-state index contributed by atoms with van der Waals surface area (Å²) in [4.78, 5) is 14.8. The largest absolute Gasteiger partial charge is 0.466 e. The minimum absolute atomic E-state index is 0.385. The van der Waals surface area contributed by atoms with Gasteiger partial charge in [-0.3, -0.25) is 5.41 Å². The summed E-state index contributed by atoms with van der Waals surface area (Å²) in [6, 6.07) is 1.52. The number of rotatable bonds is 4. The van der Waals surface area contributed by atoms with Crippen LogP contribution in [0, 0.1) is 16.7 Å². The summed E-state index contributed by atoms with van der Waals surface area (Å²) in [6.45, 7) is -0.422. The molecule has 7 nitrogen and oxygen atoms in total. The maximum absolute atomic E-state index is 10.5. The molecule has 0 heterocycles. The normalized spacial score (nSPS) is 10.0. The van der Waals surface area contributed by atoms with Gasteiger partial charge < -0.3 is 15.3 Å². The Labute approximate surface area is 74.2 Å². The second kappa shape index (κ2) is 5.54. The number of carbonyl (C=O) groups is 1. The number of oxime groups is 1. The summed E-state index contributed by atoms with van der Waals surface area (Å²) in [5.74, 6) is -1.16. The number of esters is 1. The highest BCUT2D eigenvalue weighted by molar-refractivity contribution is 6.45. The van der Waals surface area contributed by atoms with Crippen LogP contribution < -0.4 is 5.73 Å². The molecule has 0 rings (SSSR count). The number of amidine groups is 1. The van der Waals surface area contributed by atoms with E-state index in [9.17, 15) is 4.79 Å². The van der Waals surface area contributed by atoms with Crippen LogP contribution >= 0.6 is 0 Å². The van der Waals surface area contributed by atoms with Gasteiger partial charge in [-0.1, -0.05) is 5.16 Å². The highest BCUT2D eigenvalue weighted by atomic mass is 16.6. The molecule has 70 valence electrons. The van der Waals surface area contributed by atoms with Gasteiger partial charge in [-0.25, -0.2) is 4.79 Å². The Hall–Kier alpha value is -2.10. The van der Waals surface area contributed by atoms with Crippen LogP contribution in [0.4, 0.5) is 0 Å². The van der Waals surface area contributed by atoms with Gasteiger partial charge in [0, 0.05) is 0 Å². The zero-order valence-corrected chi connectivity index (χ0v) is 6.90. The van der Waals surface area contributed by atoms with Gasteiger partial charge in [0.15, 0.2) is 5.84 Å². The topological polar surface area (TPSA) is 122 Å². The van der Waals surface area contributed by atoms with E-state index in [0.717, 1.165) is 0 Å².